The molecular weight excluding hydrogens is 276 g/mol. The van der Waals surface area contributed by atoms with E-state index in [1.54, 1.807) is 7.11 Å². The summed E-state index contributed by atoms with van der Waals surface area (Å²) in [6.07, 6.45) is 4.67. The fourth-order valence-corrected chi connectivity index (χ4v) is 4.00. The Morgan fingerprint density at radius 3 is 2.50 bits per heavy atom. The van der Waals surface area contributed by atoms with Gasteiger partial charge in [0.2, 0.25) is 5.91 Å². The second-order valence-electron chi connectivity index (χ2n) is 7.21. The number of piperidine rings is 1. The van der Waals surface area contributed by atoms with Crippen LogP contribution in [0.5, 0.6) is 0 Å². The molecule has 116 valence electrons. The van der Waals surface area contributed by atoms with Gasteiger partial charge in [-0.1, -0.05) is 13.8 Å². The first-order valence-electron chi connectivity index (χ1n) is 7.53. The van der Waals surface area contributed by atoms with Crippen molar-refractivity contribution in [2.45, 2.75) is 51.7 Å². The highest BCUT2D eigenvalue weighted by Gasteiger charge is 2.59. The first-order valence-corrected chi connectivity index (χ1v) is 7.53. The van der Waals surface area contributed by atoms with Crippen LogP contribution in [-0.4, -0.2) is 38.3 Å². The molecule has 3 rings (SSSR count). The van der Waals surface area contributed by atoms with Crippen LogP contribution < -0.4 is 10.6 Å². The lowest BCUT2D eigenvalue weighted by molar-refractivity contribution is -0.134. The van der Waals surface area contributed by atoms with Crippen molar-refractivity contribution in [2.75, 3.05) is 20.2 Å². The van der Waals surface area contributed by atoms with Gasteiger partial charge in [0.25, 0.3) is 0 Å². The van der Waals surface area contributed by atoms with E-state index in [0.717, 1.165) is 25.9 Å². The second kappa shape index (κ2) is 5.47. The monoisotopic (exact) mass is 302 g/mol. The molecule has 3 fully saturated rings. The highest BCUT2D eigenvalue weighted by Crippen LogP contribution is 2.58. The van der Waals surface area contributed by atoms with Crippen LogP contribution in [0.25, 0.3) is 0 Å². The molecule has 0 bridgehead atoms. The smallest absolute Gasteiger partial charge is 0.223 e. The first kappa shape index (κ1) is 16.1. The van der Waals surface area contributed by atoms with Crippen molar-refractivity contribution in [3.63, 3.8) is 0 Å². The van der Waals surface area contributed by atoms with Crippen LogP contribution in [-0.2, 0) is 9.53 Å². The van der Waals surface area contributed by atoms with Crippen LogP contribution in [0.2, 0.25) is 0 Å². The van der Waals surface area contributed by atoms with E-state index in [9.17, 15) is 4.79 Å². The highest BCUT2D eigenvalue weighted by molar-refractivity contribution is 5.85. The molecule has 3 atom stereocenters. The number of halogens is 1. The summed E-state index contributed by atoms with van der Waals surface area (Å²) in [6.45, 7) is 6.51. The van der Waals surface area contributed by atoms with Crippen LogP contribution in [0.1, 0.15) is 39.5 Å². The van der Waals surface area contributed by atoms with Gasteiger partial charge < -0.3 is 15.4 Å². The zero-order chi connectivity index (χ0) is 13.7. The predicted octanol–water partition coefficient (Wildman–Crippen LogP) is 1.73. The highest BCUT2D eigenvalue weighted by atomic mass is 35.5. The maximum absolute atomic E-state index is 12.4. The normalized spacial score (nSPS) is 36.6. The molecule has 0 radical (unpaired) electrons. The van der Waals surface area contributed by atoms with Crippen LogP contribution in [0.15, 0.2) is 0 Å². The van der Waals surface area contributed by atoms with Crippen LogP contribution >= 0.6 is 12.4 Å². The van der Waals surface area contributed by atoms with Gasteiger partial charge >= 0.3 is 0 Å². The molecule has 2 N–H and O–H groups in total. The molecule has 20 heavy (non-hydrogen) atoms. The summed E-state index contributed by atoms with van der Waals surface area (Å²) in [6, 6.07) is 0.282. The van der Waals surface area contributed by atoms with Gasteiger partial charge in [0.05, 0.1) is 6.10 Å². The number of rotatable bonds is 3. The molecule has 5 heteroatoms. The summed E-state index contributed by atoms with van der Waals surface area (Å²) in [4.78, 5) is 12.4. The molecule has 1 saturated heterocycles. The van der Waals surface area contributed by atoms with Crippen LogP contribution in [0, 0.1) is 16.7 Å². The quantitative estimate of drug-likeness (QED) is 0.835. The molecule has 3 aliphatic rings. The summed E-state index contributed by atoms with van der Waals surface area (Å²) >= 11 is 0. The molecule has 1 amide bonds. The lowest BCUT2D eigenvalue weighted by Gasteiger charge is -2.51. The summed E-state index contributed by atoms with van der Waals surface area (Å²) in [5.41, 5.74) is 0.407. The predicted molar refractivity (Wildman–Crippen MR) is 81.0 cm³/mol. The average molecular weight is 303 g/mol. The van der Waals surface area contributed by atoms with Gasteiger partial charge in [0.15, 0.2) is 0 Å². The van der Waals surface area contributed by atoms with Crippen molar-refractivity contribution in [3.8, 4) is 0 Å². The molecule has 2 saturated carbocycles. The minimum absolute atomic E-state index is 0. The van der Waals surface area contributed by atoms with E-state index in [2.05, 4.69) is 24.5 Å². The van der Waals surface area contributed by atoms with E-state index in [0.29, 0.717) is 5.41 Å². The van der Waals surface area contributed by atoms with E-state index in [-0.39, 0.29) is 41.8 Å². The minimum Gasteiger partial charge on any atom is -0.381 e. The Labute approximate surface area is 127 Å². The minimum atomic E-state index is 0. The number of ether oxygens (including phenoxy) is 1. The number of carbonyl (C=O) groups excluding carboxylic acids is 1. The Morgan fingerprint density at radius 1 is 1.30 bits per heavy atom. The summed E-state index contributed by atoms with van der Waals surface area (Å²) in [5, 5.41) is 6.65. The third-order valence-corrected chi connectivity index (χ3v) is 5.88. The van der Waals surface area contributed by atoms with Crippen molar-refractivity contribution in [2.24, 2.45) is 16.7 Å². The van der Waals surface area contributed by atoms with Gasteiger partial charge in [-0.15, -0.1) is 12.4 Å². The fraction of sp³-hybridized carbons (Fsp3) is 0.933. The van der Waals surface area contributed by atoms with E-state index >= 15 is 0 Å². The van der Waals surface area contributed by atoms with Gasteiger partial charge in [-0.25, -0.2) is 0 Å². The molecule has 1 heterocycles. The maximum Gasteiger partial charge on any atom is 0.223 e. The third kappa shape index (κ3) is 2.46. The van der Waals surface area contributed by atoms with Crippen molar-refractivity contribution >= 4 is 18.3 Å². The Morgan fingerprint density at radius 2 is 1.95 bits per heavy atom. The molecular formula is C15H27ClN2O2. The molecule has 4 nitrogen and oxygen atoms in total. The van der Waals surface area contributed by atoms with Gasteiger partial charge in [-0.05, 0) is 44.2 Å². The summed E-state index contributed by atoms with van der Waals surface area (Å²) in [7, 11) is 1.76. The van der Waals surface area contributed by atoms with Gasteiger partial charge in [0, 0.05) is 24.5 Å². The Bertz CT molecular complexity index is 380. The standard InChI is InChI=1S/C15H26N2O2.ClH/c1-14(2)11(8-12(14)19-3)17-13(18)10-9-15(10)4-6-16-7-5-15;/h10-12,16H,4-9H2,1-3H3,(H,17,18);1H. The Kier molecular flexibility index (Phi) is 4.39. The number of nitrogens with one attached hydrogen (secondary N) is 2. The third-order valence-electron chi connectivity index (χ3n) is 5.88. The Hall–Kier alpha value is -0.320. The van der Waals surface area contributed by atoms with Gasteiger partial charge in [0.1, 0.15) is 0 Å². The van der Waals surface area contributed by atoms with E-state index < -0.39 is 0 Å². The molecule has 1 aliphatic heterocycles. The topological polar surface area (TPSA) is 50.4 Å². The number of hydrogen-bond acceptors (Lipinski definition) is 3. The van der Waals surface area contributed by atoms with Crippen molar-refractivity contribution < 1.29 is 9.53 Å². The molecule has 0 aromatic rings. The molecule has 2 aliphatic carbocycles. The van der Waals surface area contributed by atoms with E-state index in [1.807, 2.05) is 0 Å². The fourth-order valence-electron chi connectivity index (χ4n) is 4.00. The van der Waals surface area contributed by atoms with Crippen molar-refractivity contribution in [3.05, 3.63) is 0 Å². The van der Waals surface area contributed by atoms with E-state index in [1.165, 1.54) is 12.8 Å². The number of carbonyl (C=O) groups is 1. The SMILES string of the molecule is COC1CC(NC(=O)C2CC23CCNCC3)C1(C)C.Cl. The summed E-state index contributed by atoms with van der Waals surface area (Å²) in [5.74, 6) is 0.557. The average Bonchev–Trinajstić information content (AvgIpc) is 3.08. The maximum atomic E-state index is 12.4. The van der Waals surface area contributed by atoms with Crippen molar-refractivity contribution in [1.29, 1.82) is 0 Å². The molecule has 0 aromatic carbocycles. The van der Waals surface area contributed by atoms with Crippen LogP contribution in [0.3, 0.4) is 0 Å². The summed E-state index contributed by atoms with van der Waals surface area (Å²) < 4.78 is 5.44. The second-order valence-corrected chi connectivity index (χ2v) is 7.21. The van der Waals surface area contributed by atoms with Crippen LogP contribution in [0.4, 0.5) is 0 Å². The largest absolute Gasteiger partial charge is 0.381 e. The number of methoxy groups -OCH3 is 1. The number of amides is 1. The van der Waals surface area contributed by atoms with Gasteiger partial charge in [-0.2, -0.15) is 0 Å². The molecule has 0 aromatic heterocycles. The zero-order valence-electron chi connectivity index (χ0n) is 12.7. The molecule has 3 unspecified atom stereocenters. The lowest BCUT2D eigenvalue weighted by Crippen LogP contribution is -2.62. The first-order chi connectivity index (χ1) is 8.99. The van der Waals surface area contributed by atoms with E-state index in [4.69, 9.17) is 4.74 Å². The van der Waals surface area contributed by atoms with Crippen molar-refractivity contribution in [1.82, 2.24) is 10.6 Å². The number of hydrogen-bond donors (Lipinski definition) is 2. The zero-order valence-corrected chi connectivity index (χ0v) is 13.5. The lowest BCUT2D eigenvalue weighted by atomic mass is 9.64. The Balaban J connectivity index is 0.00000147. The van der Waals surface area contributed by atoms with Gasteiger partial charge in [-0.3, -0.25) is 4.79 Å². The molecule has 1 spiro atoms.